The van der Waals surface area contributed by atoms with Gasteiger partial charge in [-0.05, 0) is 30.3 Å². The SMILES string of the molecule is COCC(F)(F)c1ccc(Oc2ncccc2-c2ccccc2OC)cn1. The van der Waals surface area contributed by atoms with Crippen LogP contribution in [-0.4, -0.2) is 30.8 Å². The molecule has 0 bridgehead atoms. The molecule has 5 nitrogen and oxygen atoms in total. The normalized spacial score (nSPS) is 11.3. The minimum Gasteiger partial charge on any atom is -0.496 e. The first-order valence-electron chi connectivity index (χ1n) is 8.14. The summed E-state index contributed by atoms with van der Waals surface area (Å²) in [6.07, 6.45) is 2.82. The highest BCUT2D eigenvalue weighted by Gasteiger charge is 2.33. The second kappa shape index (κ2) is 8.09. The number of pyridine rings is 2. The lowest BCUT2D eigenvalue weighted by atomic mass is 10.1. The third-order valence-electron chi connectivity index (χ3n) is 3.82. The van der Waals surface area contributed by atoms with Gasteiger partial charge in [-0.25, -0.2) is 4.98 Å². The molecule has 27 heavy (non-hydrogen) atoms. The van der Waals surface area contributed by atoms with Crippen molar-refractivity contribution < 1.29 is 23.0 Å². The molecule has 0 saturated carbocycles. The first-order valence-corrected chi connectivity index (χ1v) is 8.14. The number of nitrogens with zero attached hydrogens (tertiary/aromatic N) is 2. The van der Waals surface area contributed by atoms with E-state index in [-0.39, 0.29) is 5.69 Å². The predicted octanol–water partition coefficient (Wildman–Crippen LogP) is 4.68. The van der Waals surface area contributed by atoms with Gasteiger partial charge in [-0.2, -0.15) is 8.78 Å². The van der Waals surface area contributed by atoms with Crippen LogP contribution in [0.4, 0.5) is 8.78 Å². The van der Waals surface area contributed by atoms with Crippen LogP contribution in [0.15, 0.2) is 60.9 Å². The Morgan fingerprint density at radius 3 is 2.41 bits per heavy atom. The highest BCUT2D eigenvalue weighted by Crippen LogP contribution is 2.37. The fourth-order valence-corrected chi connectivity index (χ4v) is 2.57. The Bertz CT molecular complexity index is 902. The number of methoxy groups -OCH3 is 2. The number of hydrogen-bond donors (Lipinski definition) is 0. The van der Waals surface area contributed by atoms with E-state index in [0.717, 1.165) is 5.56 Å². The molecule has 2 heterocycles. The summed E-state index contributed by atoms with van der Waals surface area (Å²) in [5.74, 6) is -1.88. The lowest BCUT2D eigenvalue weighted by molar-refractivity contribution is -0.0731. The minimum absolute atomic E-state index is 0.293. The van der Waals surface area contributed by atoms with Gasteiger partial charge in [0.25, 0.3) is 0 Å². The van der Waals surface area contributed by atoms with E-state index in [1.807, 2.05) is 30.3 Å². The number of para-hydroxylation sites is 1. The van der Waals surface area contributed by atoms with Gasteiger partial charge in [-0.3, -0.25) is 4.98 Å². The number of ether oxygens (including phenoxy) is 3. The van der Waals surface area contributed by atoms with Crippen molar-refractivity contribution >= 4 is 0 Å². The van der Waals surface area contributed by atoms with Crippen molar-refractivity contribution in [3.63, 3.8) is 0 Å². The second-order valence-electron chi connectivity index (χ2n) is 5.68. The fraction of sp³-hybridized carbons (Fsp3) is 0.200. The molecule has 0 spiro atoms. The number of alkyl halides is 2. The number of hydrogen-bond acceptors (Lipinski definition) is 5. The van der Waals surface area contributed by atoms with Crippen LogP contribution in [0.25, 0.3) is 11.1 Å². The zero-order chi connectivity index (χ0) is 19.3. The van der Waals surface area contributed by atoms with E-state index in [4.69, 9.17) is 9.47 Å². The second-order valence-corrected chi connectivity index (χ2v) is 5.68. The molecule has 3 aromatic rings. The maximum Gasteiger partial charge on any atom is 0.312 e. The Labute approximate surface area is 155 Å². The largest absolute Gasteiger partial charge is 0.496 e. The summed E-state index contributed by atoms with van der Waals surface area (Å²) in [6, 6.07) is 13.7. The highest BCUT2D eigenvalue weighted by molar-refractivity contribution is 5.74. The summed E-state index contributed by atoms with van der Waals surface area (Å²) in [4.78, 5) is 8.05. The van der Waals surface area contributed by atoms with Crippen molar-refractivity contribution in [2.75, 3.05) is 20.8 Å². The van der Waals surface area contributed by atoms with Crippen molar-refractivity contribution in [3.8, 4) is 28.5 Å². The number of aromatic nitrogens is 2. The van der Waals surface area contributed by atoms with Gasteiger partial charge in [0.2, 0.25) is 5.88 Å². The van der Waals surface area contributed by atoms with Gasteiger partial charge in [0.1, 0.15) is 23.8 Å². The first kappa shape index (κ1) is 18.7. The fourth-order valence-electron chi connectivity index (χ4n) is 2.57. The smallest absolute Gasteiger partial charge is 0.312 e. The molecule has 0 fully saturated rings. The lowest BCUT2D eigenvalue weighted by Crippen LogP contribution is -2.21. The van der Waals surface area contributed by atoms with E-state index in [2.05, 4.69) is 14.7 Å². The van der Waals surface area contributed by atoms with Crippen LogP contribution >= 0.6 is 0 Å². The standard InChI is InChI=1S/C20H18F2N2O3/c1-25-13-20(21,22)18-10-9-14(12-24-18)27-19-16(7-5-11-23-19)15-6-3-4-8-17(15)26-2/h3-12H,13H2,1-2H3. The number of halogens is 2. The van der Waals surface area contributed by atoms with Crippen LogP contribution in [-0.2, 0) is 10.7 Å². The van der Waals surface area contributed by atoms with E-state index in [0.29, 0.717) is 22.9 Å². The molecule has 0 aliphatic heterocycles. The molecule has 7 heteroatoms. The number of rotatable bonds is 7. The van der Waals surface area contributed by atoms with Crippen molar-refractivity contribution in [1.82, 2.24) is 9.97 Å². The first-order chi connectivity index (χ1) is 13.0. The molecule has 0 aliphatic rings. The highest BCUT2D eigenvalue weighted by atomic mass is 19.3. The van der Waals surface area contributed by atoms with Crippen LogP contribution in [0, 0.1) is 0 Å². The number of benzene rings is 1. The third-order valence-corrected chi connectivity index (χ3v) is 3.82. The van der Waals surface area contributed by atoms with Gasteiger partial charge in [-0.15, -0.1) is 0 Å². The average molecular weight is 372 g/mol. The lowest BCUT2D eigenvalue weighted by Gasteiger charge is -2.15. The van der Waals surface area contributed by atoms with Gasteiger partial charge in [0, 0.05) is 24.4 Å². The zero-order valence-corrected chi connectivity index (χ0v) is 14.9. The van der Waals surface area contributed by atoms with Crippen molar-refractivity contribution in [2.24, 2.45) is 0 Å². The van der Waals surface area contributed by atoms with Crippen molar-refractivity contribution in [2.45, 2.75) is 5.92 Å². The Morgan fingerprint density at radius 1 is 0.926 bits per heavy atom. The summed E-state index contributed by atoms with van der Waals surface area (Å²) in [5, 5.41) is 0. The van der Waals surface area contributed by atoms with Crippen LogP contribution < -0.4 is 9.47 Å². The molecule has 0 unspecified atom stereocenters. The molecule has 3 rings (SSSR count). The quantitative estimate of drug-likeness (QED) is 0.603. The molecule has 0 amide bonds. The van der Waals surface area contributed by atoms with E-state index >= 15 is 0 Å². The minimum atomic E-state index is -3.17. The van der Waals surface area contributed by atoms with Crippen molar-refractivity contribution in [3.05, 3.63) is 66.6 Å². The molecular formula is C20H18F2N2O3. The van der Waals surface area contributed by atoms with Crippen LogP contribution in [0.1, 0.15) is 5.69 Å². The Morgan fingerprint density at radius 2 is 1.70 bits per heavy atom. The van der Waals surface area contributed by atoms with Crippen LogP contribution in [0.5, 0.6) is 17.4 Å². The molecule has 0 saturated heterocycles. The Hall–Kier alpha value is -3.06. The van der Waals surface area contributed by atoms with Gasteiger partial charge in [-0.1, -0.05) is 18.2 Å². The zero-order valence-electron chi connectivity index (χ0n) is 14.9. The van der Waals surface area contributed by atoms with Crippen molar-refractivity contribution in [1.29, 1.82) is 0 Å². The monoisotopic (exact) mass is 372 g/mol. The van der Waals surface area contributed by atoms with Crippen LogP contribution in [0.3, 0.4) is 0 Å². The van der Waals surface area contributed by atoms with Gasteiger partial charge >= 0.3 is 5.92 Å². The van der Waals surface area contributed by atoms with Gasteiger partial charge in [0.15, 0.2) is 0 Å². The molecular weight excluding hydrogens is 354 g/mol. The van der Waals surface area contributed by atoms with E-state index in [9.17, 15) is 8.78 Å². The third kappa shape index (κ3) is 4.20. The molecule has 0 radical (unpaired) electrons. The average Bonchev–Trinajstić information content (AvgIpc) is 2.69. The predicted molar refractivity (Wildman–Crippen MR) is 96.3 cm³/mol. The molecule has 140 valence electrons. The maximum absolute atomic E-state index is 13.8. The van der Waals surface area contributed by atoms with E-state index in [1.54, 1.807) is 19.4 Å². The van der Waals surface area contributed by atoms with E-state index in [1.165, 1.54) is 25.4 Å². The summed E-state index contributed by atoms with van der Waals surface area (Å²) < 4.78 is 43.4. The Kier molecular flexibility index (Phi) is 5.61. The summed E-state index contributed by atoms with van der Waals surface area (Å²) >= 11 is 0. The molecule has 1 aromatic carbocycles. The topological polar surface area (TPSA) is 53.5 Å². The summed E-state index contributed by atoms with van der Waals surface area (Å²) in [5.41, 5.74) is 1.13. The summed E-state index contributed by atoms with van der Waals surface area (Å²) in [6.45, 7) is -0.738. The van der Waals surface area contributed by atoms with Gasteiger partial charge in [0.05, 0.1) is 13.3 Å². The summed E-state index contributed by atoms with van der Waals surface area (Å²) in [7, 11) is 2.80. The molecule has 0 aliphatic carbocycles. The Balaban J connectivity index is 1.89. The molecule has 0 N–H and O–H groups in total. The maximum atomic E-state index is 13.8. The van der Waals surface area contributed by atoms with E-state index < -0.39 is 12.5 Å². The molecule has 0 atom stereocenters. The molecule has 2 aromatic heterocycles. The van der Waals surface area contributed by atoms with Crippen LogP contribution in [0.2, 0.25) is 0 Å². The van der Waals surface area contributed by atoms with Gasteiger partial charge < -0.3 is 14.2 Å².